The zero-order valence-corrected chi connectivity index (χ0v) is 14.8. The Balaban J connectivity index is 1.59. The largest absolute Gasteiger partial charge is 0.370 e. The topological polar surface area (TPSA) is 41.1 Å². The van der Waals surface area contributed by atoms with Crippen molar-refractivity contribution in [3.63, 3.8) is 0 Å². The third kappa shape index (κ3) is 3.95. The number of rotatable bonds is 4. The first-order chi connectivity index (χ1) is 9.91. The van der Waals surface area contributed by atoms with E-state index in [0.29, 0.717) is 0 Å². The minimum absolute atomic E-state index is 0.0314. The number of hydrogen-bond acceptors (Lipinski definition) is 4. The van der Waals surface area contributed by atoms with Crippen LogP contribution in [0.15, 0.2) is 10.7 Å². The smallest absolute Gasteiger partial charge is 0.137 e. The lowest BCUT2D eigenvalue weighted by Crippen LogP contribution is -2.25. The van der Waals surface area contributed by atoms with Crippen molar-refractivity contribution in [1.82, 2.24) is 14.9 Å². The van der Waals surface area contributed by atoms with Crippen molar-refractivity contribution in [2.24, 2.45) is 5.92 Å². The maximum Gasteiger partial charge on any atom is 0.137 e. The van der Waals surface area contributed by atoms with Gasteiger partial charge >= 0.3 is 0 Å². The summed E-state index contributed by atoms with van der Waals surface area (Å²) in [4.78, 5) is 11.8. The Morgan fingerprint density at radius 1 is 1.29 bits per heavy atom. The highest BCUT2D eigenvalue weighted by Crippen LogP contribution is 2.31. The summed E-state index contributed by atoms with van der Waals surface area (Å²) in [5.74, 6) is 2.56. The molecule has 1 aliphatic heterocycles. The molecule has 0 bridgehead atoms. The lowest BCUT2D eigenvalue weighted by atomic mass is 9.96. The molecule has 3 rings (SSSR count). The highest BCUT2D eigenvalue weighted by atomic mass is 79.9. The SMILES string of the molecule is CC(C)(C)c1nc(Br)cc(NCC2CCN(C3CC3)C2)n1. The first-order valence-electron chi connectivity index (χ1n) is 7.95. The molecule has 1 saturated heterocycles. The molecule has 116 valence electrons. The van der Waals surface area contributed by atoms with Crippen LogP contribution in [0.2, 0.25) is 0 Å². The van der Waals surface area contributed by atoms with Crippen LogP contribution in [-0.4, -0.2) is 40.5 Å². The van der Waals surface area contributed by atoms with E-state index < -0.39 is 0 Å². The average molecular weight is 353 g/mol. The summed E-state index contributed by atoms with van der Waals surface area (Å²) in [6.07, 6.45) is 4.13. The molecular formula is C16H25BrN4. The first kappa shape index (κ1) is 15.2. The number of likely N-dealkylation sites (tertiary alicyclic amines) is 1. The van der Waals surface area contributed by atoms with E-state index in [-0.39, 0.29) is 5.41 Å². The number of nitrogens with zero attached hydrogens (tertiary/aromatic N) is 3. The van der Waals surface area contributed by atoms with Gasteiger partial charge in [-0.2, -0.15) is 0 Å². The van der Waals surface area contributed by atoms with Gasteiger partial charge in [-0.25, -0.2) is 9.97 Å². The van der Waals surface area contributed by atoms with Gasteiger partial charge in [-0.15, -0.1) is 0 Å². The van der Waals surface area contributed by atoms with Gasteiger partial charge in [0.15, 0.2) is 0 Å². The molecule has 1 aromatic heterocycles. The fourth-order valence-corrected chi connectivity index (χ4v) is 3.28. The summed E-state index contributed by atoms with van der Waals surface area (Å²) in [5.41, 5.74) is -0.0314. The number of halogens is 1. The van der Waals surface area contributed by atoms with Gasteiger partial charge in [-0.05, 0) is 47.7 Å². The molecule has 0 aromatic carbocycles. The Bertz CT molecular complexity index is 507. The Kier molecular flexibility index (Phi) is 4.23. The molecule has 0 radical (unpaired) electrons. The molecule has 1 atom stereocenters. The third-order valence-electron chi connectivity index (χ3n) is 4.32. The van der Waals surface area contributed by atoms with E-state index in [4.69, 9.17) is 0 Å². The first-order valence-corrected chi connectivity index (χ1v) is 8.74. The molecular weight excluding hydrogens is 328 g/mol. The van der Waals surface area contributed by atoms with Crippen molar-refractivity contribution in [3.8, 4) is 0 Å². The molecule has 1 N–H and O–H groups in total. The van der Waals surface area contributed by atoms with Gasteiger partial charge < -0.3 is 10.2 Å². The van der Waals surface area contributed by atoms with Gasteiger partial charge in [0, 0.05) is 30.6 Å². The molecule has 2 heterocycles. The summed E-state index contributed by atoms with van der Waals surface area (Å²) in [5, 5.41) is 3.51. The van der Waals surface area contributed by atoms with Gasteiger partial charge in [0.05, 0.1) is 0 Å². The van der Waals surface area contributed by atoms with Crippen LogP contribution in [0.25, 0.3) is 0 Å². The van der Waals surface area contributed by atoms with Crippen LogP contribution < -0.4 is 5.32 Å². The van der Waals surface area contributed by atoms with Gasteiger partial charge in [-0.3, -0.25) is 0 Å². The van der Waals surface area contributed by atoms with E-state index in [1.807, 2.05) is 6.07 Å². The molecule has 1 aliphatic carbocycles. The van der Waals surface area contributed by atoms with Crippen LogP contribution >= 0.6 is 15.9 Å². The second kappa shape index (κ2) is 5.84. The van der Waals surface area contributed by atoms with E-state index in [2.05, 4.69) is 56.9 Å². The van der Waals surface area contributed by atoms with Gasteiger partial charge in [0.1, 0.15) is 16.2 Å². The Morgan fingerprint density at radius 2 is 2.05 bits per heavy atom. The van der Waals surface area contributed by atoms with Gasteiger partial charge in [0.25, 0.3) is 0 Å². The molecule has 4 nitrogen and oxygen atoms in total. The summed E-state index contributed by atoms with van der Waals surface area (Å²) in [6, 6.07) is 2.87. The summed E-state index contributed by atoms with van der Waals surface area (Å²) >= 11 is 3.50. The number of anilines is 1. The lowest BCUT2D eigenvalue weighted by Gasteiger charge is -2.19. The van der Waals surface area contributed by atoms with Crippen LogP contribution in [0.1, 0.15) is 45.9 Å². The highest BCUT2D eigenvalue weighted by molar-refractivity contribution is 9.10. The van der Waals surface area contributed by atoms with E-state index in [0.717, 1.165) is 34.7 Å². The quantitative estimate of drug-likeness (QED) is 0.842. The summed E-state index contributed by atoms with van der Waals surface area (Å²) in [6.45, 7) is 9.96. The normalized spacial score (nSPS) is 23.5. The Morgan fingerprint density at radius 3 is 2.71 bits per heavy atom. The van der Waals surface area contributed by atoms with Crippen LogP contribution in [0.4, 0.5) is 5.82 Å². The second-order valence-corrected chi connectivity index (χ2v) is 8.22. The number of hydrogen-bond donors (Lipinski definition) is 1. The molecule has 1 saturated carbocycles. The van der Waals surface area contributed by atoms with Crippen LogP contribution in [0.5, 0.6) is 0 Å². The highest BCUT2D eigenvalue weighted by Gasteiger charge is 2.34. The molecule has 1 unspecified atom stereocenters. The average Bonchev–Trinajstić information content (AvgIpc) is 3.14. The van der Waals surface area contributed by atoms with Gasteiger partial charge in [-0.1, -0.05) is 20.8 Å². The standard InChI is InChI=1S/C16H25BrN4/c1-16(2,3)15-19-13(17)8-14(20-15)18-9-11-6-7-21(10-11)12-4-5-12/h8,11-12H,4-7,9-10H2,1-3H3,(H,18,19,20). The molecule has 5 heteroatoms. The Hall–Kier alpha value is -0.680. The fraction of sp³-hybridized carbons (Fsp3) is 0.750. The molecule has 2 fully saturated rings. The van der Waals surface area contributed by atoms with Gasteiger partial charge in [0.2, 0.25) is 0 Å². The minimum atomic E-state index is -0.0314. The molecule has 2 aliphatic rings. The minimum Gasteiger partial charge on any atom is -0.370 e. The van der Waals surface area contributed by atoms with E-state index >= 15 is 0 Å². The molecule has 21 heavy (non-hydrogen) atoms. The predicted octanol–water partition coefficient (Wildman–Crippen LogP) is 3.43. The van der Waals surface area contributed by atoms with E-state index in [1.165, 1.54) is 32.4 Å². The monoisotopic (exact) mass is 352 g/mol. The zero-order chi connectivity index (χ0) is 15.0. The maximum atomic E-state index is 4.67. The van der Waals surface area contributed by atoms with Crippen molar-refractivity contribution >= 4 is 21.7 Å². The van der Waals surface area contributed by atoms with E-state index in [9.17, 15) is 0 Å². The van der Waals surface area contributed by atoms with Crippen molar-refractivity contribution in [1.29, 1.82) is 0 Å². The maximum absolute atomic E-state index is 4.67. The number of nitrogens with one attached hydrogen (secondary N) is 1. The summed E-state index contributed by atoms with van der Waals surface area (Å²) < 4.78 is 0.857. The Labute approximate surface area is 135 Å². The summed E-state index contributed by atoms with van der Waals surface area (Å²) in [7, 11) is 0. The van der Waals surface area contributed by atoms with Crippen LogP contribution in [-0.2, 0) is 5.41 Å². The van der Waals surface area contributed by atoms with Crippen LogP contribution in [0.3, 0.4) is 0 Å². The zero-order valence-electron chi connectivity index (χ0n) is 13.2. The predicted molar refractivity (Wildman–Crippen MR) is 89.6 cm³/mol. The van der Waals surface area contributed by atoms with Crippen molar-refractivity contribution in [2.75, 3.05) is 25.0 Å². The van der Waals surface area contributed by atoms with Crippen molar-refractivity contribution < 1.29 is 0 Å². The molecule has 0 spiro atoms. The van der Waals surface area contributed by atoms with Crippen LogP contribution in [0, 0.1) is 5.92 Å². The van der Waals surface area contributed by atoms with Crippen molar-refractivity contribution in [3.05, 3.63) is 16.5 Å². The second-order valence-electron chi connectivity index (χ2n) is 7.41. The number of aromatic nitrogens is 2. The van der Waals surface area contributed by atoms with Crippen molar-refractivity contribution in [2.45, 2.75) is 51.5 Å². The molecule has 0 amide bonds. The molecule has 1 aromatic rings. The third-order valence-corrected chi connectivity index (χ3v) is 4.72. The lowest BCUT2D eigenvalue weighted by molar-refractivity contribution is 0.316. The van der Waals surface area contributed by atoms with E-state index in [1.54, 1.807) is 0 Å². The fourth-order valence-electron chi connectivity index (χ4n) is 2.89.